The van der Waals surface area contributed by atoms with Gasteiger partial charge < -0.3 is 9.80 Å². The predicted molar refractivity (Wildman–Crippen MR) is 134 cm³/mol. The molecule has 2 aliphatic rings. The van der Waals surface area contributed by atoms with E-state index in [0.717, 1.165) is 66.6 Å². The molecule has 0 saturated carbocycles. The number of carbonyl (C=O) groups is 1. The zero-order valence-corrected chi connectivity index (χ0v) is 19.8. The minimum Gasteiger partial charge on any atom is -0.344 e. The summed E-state index contributed by atoms with van der Waals surface area (Å²) in [6.07, 6.45) is 6.98. The van der Waals surface area contributed by atoms with E-state index in [2.05, 4.69) is 9.88 Å². The number of aromatic nitrogens is 4. The Kier molecular flexibility index (Phi) is 5.49. The Morgan fingerprint density at radius 2 is 1.76 bits per heavy atom. The van der Waals surface area contributed by atoms with Crippen LogP contribution in [0.4, 0.5) is 5.13 Å². The lowest BCUT2D eigenvalue weighted by Crippen LogP contribution is -2.48. The standard InChI is InChI=1S/C25H26N6O2S/c32-23(29-12-14-30(15-13-29)25-28-19-6-5-10-26-22(19)34-25)17-8-9-18-20(16-17)27-21-7-3-1-2-4-11-31(21)24(18)33/h5-6,8-10,16H,1-4,7,11-15H2. The maximum absolute atomic E-state index is 13.3. The van der Waals surface area contributed by atoms with Gasteiger partial charge in [0.2, 0.25) is 0 Å². The molecule has 174 valence electrons. The summed E-state index contributed by atoms with van der Waals surface area (Å²) in [5, 5.41) is 1.54. The van der Waals surface area contributed by atoms with Crippen LogP contribution in [0.3, 0.4) is 0 Å². The van der Waals surface area contributed by atoms with Crippen molar-refractivity contribution in [3.8, 4) is 0 Å². The number of piperazine rings is 1. The minimum atomic E-state index is -0.0128. The Morgan fingerprint density at radius 1 is 0.912 bits per heavy atom. The van der Waals surface area contributed by atoms with Gasteiger partial charge in [-0.3, -0.25) is 14.2 Å². The molecule has 0 N–H and O–H groups in total. The van der Waals surface area contributed by atoms with Gasteiger partial charge in [-0.2, -0.15) is 0 Å². The number of nitrogens with zero attached hydrogens (tertiary/aromatic N) is 6. The molecule has 1 amide bonds. The van der Waals surface area contributed by atoms with Crippen LogP contribution >= 0.6 is 11.3 Å². The van der Waals surface area contributed by atoms with Crippen molar-refractivity contribution in [2.45, 2.75) is 38.6 Å². The first kappa shape index (κ1) is 21.2. The monoisotopic (exact) mass is 474 g/mol. The van der Waals surface area contributed by atoms with Gasteiger partial charge >= 0.3 is 0 Å². The van der Waals surface area contributed by atoms with Crippen molar-refractivity contribution in [1.29, 1.82) is 0 Å². The Balaban J connectivity index is 1.21. The molecule has 34 heavy (non-hydrogen) atoms. The first-order chi connectivity index (χ1) is 16.7. The zero-order chi connectivity index (χ0) is 23.1. The molecule has 1 saturated heterocycles. The molecule has 0 atom stereocenters. The number of hydrogen-bond acceptors (Lipinski definition) is 7. The van der Waals surface area contributed by atoms with Gasteiger partial charge in [0.1, 0.15) is 16.2 Å². The van der Waals surface area contributed by atoms with Crippen LogP contribution in [-0.2, 0) is 13.0 Å². The molecule has 1 aromatic carbocycles. The van der Waals surface area contributed by atoms with Crippen molar-refractivity contribution in [3.05, 3.63) is 58.3 Å². The molecule has 0 unspecified atom stereocenters. The fourth-order valence-electron chi connectivity index (χ4n) is 4.91. The number of carbonyl (C=O) groups excluding carboxylic acids is 1. The van der Waals surface area contributed by atoms with E-state index in [4.69, 9.17) is 9.97 Å². The highest BCUT2D eigenvalue weighted by molar-refractivity contribution is 7.21. The second-order valence-corrected chi connectivity index (χ2v) is 9.94. The number of hydrogen-bond donors (Lipinski definition) is 0. The third-order valence-corrected chi connectivity index (χ3v) is 7.85. The first-order valence-corrected chi connectivity index (χ1v) is 12.8. The zero-order valence-electron chi connectivity index (χ0n) is 18.9. The number of rotatable bonds is 2. The van der Waals surface area contributed by atoms with Crippen molar-refractivity contribution in [1.82, 2.24) is 24.4 Å². The van der Waals surface area contributed by atoms with Crippen LogP contribution < -0.4 is 10.5 Å². The van der Waals surface area contributed by atoms with Crippen LogP contribution in [-0.4, -0.2) is 56.5 Å². The third kappa shape index (κ3) is 3.83. The fraction of sp³-hybridized carbons (Fsp3) is 0.400. The summed E-state index contributed by atoms with van der Waals surface area (Å²) in [6, 6.07) is 9.21. The summed E-state index contributed by atoms with van der Waals surface area (Å²) in [4.78, 5) is 45.3. The second-order valence-electron chi connectivity index (χ2n) is 8.98. The molecule has 3 aromatic heterocycles. The number of fused-ring (bicyclic) bond motifs is 3. The van der Waals surface area contributed by atoms with Crippen molar-refractivity contribution in [2.24, 2.45) is 0 Å². The lowest BCUT2D eigenvalue weighted by atomic mass is 10.1. The molecule has 0 radical (unpaired) electrons. The van der Waals surface area contributed by atoms with Crippen LogP contribution in [0.5, 0.6) is 0 Å². The summed E-state index contributed by atoms with van der Waals surface area (Å²) >= 11 is 1.59. The Hall–Kier alpha value is -3.33. The van der Waals surface area contributed by atoms with E-state index in [1.54, 1.807) is 35.7 Å². The van der Waals surface area contributed by atoms with Gasteiger partial charge in [0.25, 0.3) is 11.5 Å². The molecule has 4 aromatic rings. The summed E-state index contributed by atoms with van der Waals surface area (Å²) in [6.45, 7) is 3.44. The minimum absolute atomic E-state index is 0.0128. The number of amides is 1. The number of pyridine rings is 1. The molecule has 2 aliphatic heterocycles. The van der Waals surface area contributed by atoms with Gasteiger partial charge in [0, 0.05) is 50.9 Å². The lowest BCUT2D eigenvalue weighted by molar-refractivity contribution is 0.0747. The van der Waals surface area contributed by atoms with Crippen LogP contribution in [0, 0.1) is 0 Å². The topological polar surface area (TPSA) is 84.2 Å². The normalized spacial score (nSPS) is 16.9. The third-order valence-electron chi connectivity index (χ3n) is 6.81. The van der Waals surface area contributed by atoms with Crippen molar-refractivity contribution < 1.29 is 4.79 Å². The lowest BCUT2D eigenvalue weighted by Gasteiger charge is -2.34. The summed E-state index contributed by atoms with van der Waals surface area (Å²) in [7, 11) is 0. The van der Waals surface area contributed by atoms with Crippen molar-refractivity contribution in [3.63, 3.8) is 0 Å². The Bertz CT molecular complexity index is 1400. The molecular weight excluding hydrogens is 448 g/mol. The van der Waals surface area contributed by atoms with Crippen molar-refractivity contribution >= 4 is 43.6 Å². The largest absolute Gasteiger partial charge is 0.344 e. The van der Waals surface area contributed by atoms with Gasteiger partial charge in [-0.1, -0.05) is 24.2 Å². The Labute approximate surface area is 200 Å². The maximum atomic E-state index is 13.3. The smallest absolute Gasteiger partial charge is 0.261 e. The van der Waals surface area contributed by atoms with Gasteiger partial charge in [0.05, 0.1) is 10.9 Å². The van der Waals surface area contributed by atoms with Crippen LogP contribution in [0.15, 0.2) is 41.3 Å². The number of thiazole rings is 1. The second kappa shape index (κ2) is 8.79. The highest BCUT2D eigenvalue weighted by atomic mass is 32.1. The highest BCUT2D eigenvalue weighted by Gasteiger charge is 2.25. The molecule has 0 spiro atoms. The van der Waals surface area contributed by atoms with E-state index in [1.807, 2.05) is 21.6 Å². The predicted octanol–water partition coefficient (Wildman–Crippen LogP) is 3.48. The average Bonchev–Trinajstić information content (AvgIpc) is 3.29. The van der Waals surface area contributed by atoms with Gasteiger partial charge in [-0.05, 0) is 43.2 Å². The maximum Gasteiger partial charge on any atom is 0.261 e. The van der Waals surface area contributed by atoms with Crippen molar-refractivity contribution in [2.75, 3.05) is 31.1 Å². The number of aryl methyl sites for hydroxylation is 1. The number of benzene rings is 1. The molecule has 1 fully saturated rings. The van der Waals surface area contributed by atoms with Gasteiger partial charge in [-0.25, -0.2) is 15.0 Å². The quantitative estimate of drug-likeness (QED) is 0.442. The average molecular weight is 475 g/mol. The fourth-order valence-corrected chi connectivity index (χ4v) is 5.87. The van der Waals surface area contributed by atoms with Crippen LogP contribution in [0.1, 0.15) is 41.9 Å². The van der Waals surface area contributed by atoms with E-state index in [1.165, 1.54) is 6.42 Å². The van der Waals surface area contributed by atoms with Crippen LogP contribution in [0.2, 0.25) is 0 Å². The SMILES string of the molecule is O=C(c1ccc2c(=O)n3c(nc2c1)CCCCCC3)N1CCN(c2nc3cccnc3s2)CC1. The summed E-state index contributed by atoms with van der Waals surface area (Å²) < 4.78 is 1.83. The van der Waals surface area contributed by atoms with Gasteiger partial charge in [0.15, 0.2) is 5.13 Å². The molecule has 6 rings (SSSR count). The summed E-state index contributed by atoms with van der Waals surface area (Å²) in [5.41, 5.74) is 2.14. The van der Waals surface area contributed by atoms with E-state index in [0.29, 0.717) is 29.6 Å². The molecule has 8 nitrogen and oxygen atoms in total. The molecular formula is C25H26N6O2S. The first-order valence-electron chi connectivity index (χ1n) is 12.0. The van der Waals surface area contributed by atoms with E-state index in [9.17, 15) is 9.59 Å². The molecule has 0 bridgehead atoms. The highest BCUT2D eigenvalue weighted by Crippen LogP contribution is 2.28. The van der Waals surface area contributed by atoms with E-state index >= 15 is 0 Å². The summed E-state index contributed by atoms with van der Waals surface area (Å²) in [5.74, 6) is 0.835. The Morgan fingerprint density at radius 3 is 2.62 bits per heavy atom. The van der Waals surface area contributed by atoms with E-state index < -0.39 is 0 Å². The van der Waals surface area contributed by atoms with E-state index in [-0.39, 0.29) is 11.5 Å². The molecule has 5 heterocycles. The van der Waals surface area contributed by atoms with Gasteiger partial charge in [-0.15, -0.1) is 0 Å². The molecule has 0 aliphatic carbocycles. The van der Waals surface area contributed by atoms with Crippen LogP contribution in [0.25, 0.3) is 21.3 Å². The number of anilines is 1. The molecule has 9 heteroatoms.